The van der Waals surface area contributed by atoms with E-state index in [1.54, 1.807) is 7.11 Å². The number of carbonyl (C=O) groups excluding carboxylic acids is 1. The minimum Gasteiger partial charge on any atom is -0.494 e. The number of nitrogen functional groups attached to an aromatic ring is 1. The first-order valence-corrected chi connectivity index (χ1v) is 12.4. The van der Waals surface area contributed by atoms with Crippen LogP contribution < -0.4 is 26.0 Å². The van der Waals surface area contributed by atoms with Crippen LogP contribution in [0.1, 0.15) is 11.1 Å². The Hall–Kier alpha value is -3.82. The van der Waals surface area contributed by atoms with Gasteiger partial charge in [-0.05, 0) is 36.4 Å². The predicted octanol–water partition coefficient (Wildman–Crippen LogP) is 4.13. The van der Waals surface area contributed by atoms with Gasteiger partial charge in [0.1, 0.15) is 16.6 Å². The van der Waals surface area contributed by atoms with Gasteiger partial charge < -0.3 is 30.9 Å². The van der Waals surface area contributed by atoms with Gasteiger partial charge in [-0.25, -0.2) is 0 Å². The van der Waals surface area contributed by atoms with E-state index in [0.29, 0.717) is 36.2 Å². The van der Waals surface area contributed by atoms with E-state index in [1.807, 2.05) is 36.4 Å². The molecule has 10 heteroatoms. The summed E-state index contributed by atoms with van der Waals surface area (Å²) in [5, 5.41) is 6.67. The van der Waals surface area contributed by atoms with E-state index in [0.717, 1.165) is 43.0 Å². The molecule has 194 valence electrons. The summed E-state index contributed by atoms with van der Waals surface area (Å²) in [5.41, 5.74) is 9.79. The number of piperazine rings is 1. The van der Waals surface area contributed by atoms with E-state index in [1.165, 1.54) is 6.08 Å². The second-order valence-electron chi connectivity index (χ2n) is 8.92. The maximum atomic E-state index is 11.7. The number of likely N-dealkylation sites (N-methyl/N-ethyl adjacent to an activating group) is 1. The maximum absolute atomic E-state index is 11.7. The molecule has 1 fully saturated rings. The Bertz CT molecular complexity index is 1280. The van der Waals surface area contributed by atoms with E-state index in [4.69, 9.17) is 22.1 Å². The molecule has 9 nitrogen and oxygen atoms in total. The predicted molar refractivity (Wildman–Crippen MR) is 150 cm³/mol. The summed E-state index contributed by atoms with van der Waals surface area (Å²) in [4.78, 5) is 25.2. The fourth-order valence-electron chi connectivity index (χ4n) is 4.11. The van der Waals surface area contributed by atoms with Gasteiger partial charge in [0, 0.05) is 50.9 Å². The molecule has 0 atom stereocenters. The molecule has 0 spiro atoms. The van der Waals surface area contributed by atoms with Crippen molar-refractivity contribution in [3.63, 3.8) is 0 Å². The molecule has 1 aromatic heterocycles. The van der Waals surface area contributed by atoms with Crippen LogP contribution in [-0.4, -0.2) is 61.0 Å². The number of carbonyl (C=O) groups is 1. The third-order valence-electron chi connectivity index (χ3n) is 6.23. The van der Waals surface area contributed by atoms with Crippen molar-refractivity contribution in [2.75, 3.05) is 61.6 Å². The van der Waals surface area contributed by atoms with Gasteiger partial charge >= 0.3 is 0 Å². The Kier molecular flexibility index (Phi) is 8.47. The standard InChI is InChI=1S/C27H32ClN7O2/c1-4-21(36)15-18-6-5-7-19(14-18)17-30-26-24(28)25(29)32-27(33-26)31-22-9-8-20(16-23(22)37-3)35-12-10-34(2)11-13-35/h4-9,14,16H,1,10-13,15,17H2,2-3H3,(H4,29,30,31,32,33). The minimum atomic E-state index is -0.0283. The molecular formula is C27H32ClN7O2. The number of allylic oxidation sites excluding steroid dienone is 1. The van der Waals surface area contributed by atoms with Crippen LogP contribution in [0.4, 0.5) is 29.0 Å². The largest absolute Gasteiger partial charge is 0.494 e. The van der Waals surface area contributed by atoms with E-state index in [2.05, 4.69) is 50.1 Å². The van der Waals surface area contributed by atoms with Crippen LogP contribution in [0.5, 0.6) is 5.75 Å². The van der Waals surface area contributed by atoms with Crippen molar-refractivity contribution in [2.24, 2.45) is 0 Å². The molecule has 1 aliphatic rings. The zero-order chi connectivity index (χ0) is 26.4. The lowest BCUT2D eigenvalue weighted by atomic mass is 10.1. The number of hydrogen-bond donors (Lipinski definition) is 3. The van der Waals surface area contributed by atoms with Crippen molar-refractivity contribution in [1.82, 2.24) is 14.9 Å². The van der Waals surface area contributed by atoms with Gasteiger partial charge in [0.25, 0.3) is 0 Å². The molecule has 2 heterocycles. The Morgan fingerprint density at radius 2 is 1.92 bits per heavy atom. The van der Waals surface area contributed by atoms with Crippen molar-refractivity contribution in [3.8, 4) is 5.75 Å². The maximum Gasteiger partial charge on any atom is 0.231 e. The topological polar surface area (TPSA) is 109 Å². The highest BCUT2D eigenvalue weighted by atomic mass is 35.5. The number of halogens is 1. The van der Waals surface area contributed by atoms with Crippen molar-refractivity contribution in [1.29, 1.82) is 0 Å². The average Bonchev–Trinajstić information content (AvgIpc) is 2.90. The Balaban J connectivity index is 1.49. The first-order chi connectivity index (χ1) is 17.9. The number of nitrogens with two attached hydrogens (primary N) is 1. The quantitative estimate of drug-likeness (QED) is 0.339. The number of ketones is 1. The highest BCUT2D eigenvalue weighted by Crippen LogP contribution is 2.33. The summed E-state index contributed by atoms with van der Waals surface area (Å²) >= 11 is 6.40. The lowest BCUT2D eigenvalue weighted by molar-refractivity contribution is -0.114. The van der Waals surface area contributed by atoms with Crippen molar-refractivity contribution in [2.45, 2.75) is 13.0 Å². The van der Waals surface area contributed by atoms with E-state index in [-0.39, 0.29) is 16.6 Å². The van der Waals surface area contributed by atoms with Crippen LogP contribution in [-0.2, 0) is 17.8 Å². The van der Waals surface area contributed by atoms with Gasteiger partial charge in [0.05, 0.1) is 12.8 Å². The Morgan fingerprint density at radius 3 is 2.65 bits per heavy atom. The fourth-order valence-corrected chi connectivity index (χ4v) is 4.26. The number of benzene rings is 2. The molecule has 0 bridgehead atoms. The summed E-state index contributed by atoms with van der Waals surface area (Å²) in [6.45, 7) is 7.94. The number of nitrogens with one attached hydrogen (secondary N) is 2. The minimum absolute atomic E-state index is 0.0283. The normalized spacial score (nSPS) is 13.8. The smallest absolute Gasteiger partial charge is 0.231 e. The molecule has 2 aromatic carbocycles. The monoisotopic (exact) mass is 521 g/mol. The molecule has 1 saturated heterocycles. The molecule has 0 amide bonds. The van der Waals surface area contributed by atoms with Crippen LogP contribution in [0.25, 0.3) is 0 Å². The summed E-state index contributed by atoms with van der Waals surface area (Å²) in [7, 11) is 3.77. The Morgan fingerprint density at radius 1 is 1.16 bits per heavy atom. The first-order valence-electron chi connectivity index (χ1n) is 12.0. The Labute approximate surface area is 222 Å². The number of nitrogens with zero attached hydrogens (tertiary/aromatic N) is 4. The lowest BCUT2D eigenvalue weighted by Crippen LogP contribution is -2.44. The van der Waals surface area contributed by atoms with Crippen LogP contribution >= 0.6 is 11.6 Å². The van der Waals surface area contributed by atoms with E-state index < -0.39 is 0 Å². The van der Waals surface area contributed by atoms with Crippen LogP contribution in [0, 0.1) is 0 Å². The zero-order valence-corrected chi connectivity index (χ0v) is 21.9. The second-order valence-corrected chi connectivity index (χ2v) is 9.29. The molecule has 0 saturated carbocycles. The van der Waals surface area contributed by atoms with Crippen LogP contribution in [0.3, 0.4) is 0 Å². The van der Waals surface area contributed by atoms with Crippen molar-refractivity contribution >= 4 is 46.3 Å². The fraction of sp³-hybridized carbons (Fsp3) is 0.296. The molecular weight excluding hydrogens is 490 g/mol. The molecule has 4 rings (SSSR count). The molecule has 1 aliphatic heterocycles. The third kappa shape index (κ3) is 6.69. The molecule has 0 unspecified atom stereocenters. The molecule has 37 heavy (non-hydrogen) atoms. The third-order valence-corrected chi connectivity index (χ3v) is 6.61. The summed E-state index contributed by atoms with van der Waals surface area (Å²) in [6, 6.07) is 13.7. The molecule has 0 radical (unpaired) electrons. The van der Waals surface area contributed by atoms with Gasteiger partial charge in [-0.15, -0.1) is 0 Å². The zero-order valence-electron chi connectivity index (χ0n) is 21.1. The summed E-state index contributed by atoms with van der Waals surface area (Å²) in [5.74, 6) is 1.49. The number of anilines is 5. The number of ether oxygens (including phenoxy) is 1. The van der Waals surface area contributed by atoms with E-state index in [9.17, 15) is 4.79 Å². The van der Waals surface area contributed by atoms with E-state index >= 15 is 0 Å². The summed E-state index contributed by atoms with van der Waals surface area (Å²) < 4.78 is 5.65. The van der Waals surface area contributed by atoms with Gasteiger partial charge in [-0.3, -0.25) is 4.79 Å². The number of rotatable bonds is 10. The highest BCUT2D eigenvalue weighted by Gasteiger charge is 2.17. The lowest BCUT2D eigenvalue weighted by Gasteiger charge is -2.34. The number of hydrogen-bond acceptors (Lipinski definition) is 9. The van der Waals surface area contributed by atoms with Gasteiger partial charge in [-0.2, -0.15) is 9.97 Å². The number of methoxy groups -OCH3 is 1. The van der Waals surface area contributed by atoms with Gasteiger partial charge in [0.2, 0.25) is 5.95 Å². The van der Waals surface area contributed by atoms with Crippen LogP contribution in [0.2, 0.25) is 5.02 Å². The second kappa shape index (κ2) is 11.9. The first kappa shape index (κ1) is 26.2. The highest BCUT2D eigenvalue weighted by molar-refractivity contribution is 6.35. The van der Waals surface area contributed by atoms with Gasteiger partial charge in [0.15, 0.2) is 11.6 Å². The van der Waals surface area contributed by atoms with Crippen molar-refractivity contribution in [3.05, 3.63) is 71.3 Å². The van der Waals surface area contributed by atoms with Crippen LogP contribution in [0.15, 0.2) is 55.1 Å². The number of aromatic nitrogens is 2. The molecule has 0 aliphatic carbocycles. The van der Waals surface area contributed by atoms with Gasteiger partial charge in [-0.1, -0.05) is 42.4 Å². The van der Waals surface area contributed by atoms with Crippen molar-refractivity contribution < 1.29 is 9.53 Å². The summed E-state index contributed by atoms with van der Waals surface area (Å²) in [6.07, 6.45) is 1.64. The molecule has 3 aromatic rings. The molecule has 4 N–H and O–H groups in total. The SMILES string of the molecule is C=CC(=O)Cc1cccc(CNc2nc(Nc3ccc(N4CCN(C)CC4)cc3OC)nc(N)c2Cl)c1. The average molecular weight is 522 g/mol.